The second-order valence-electron chi connectivity index (χ2n) is 3.69. The van der Waals surface area contributed by atoms with Gasteiger partial charge in [-0.3, -0.25) is 0 Å². The lowest BCUT2D eigenvalue weighted by Gasteiger charge is -2.10. The average molecular weight is 271 g/mol. The molecule has 1 unspecified atom stereocenters. The quantitative estimate of drug-likeness (QED) is 0.287. The van der Waals surface area contributed by atoms with Crippen LogP contribution >= 0.6 is 22.2 Å². The molecule has 0 saturated heterocycles. The van der Waals surface area contributed by atoms with E-state index in [9.17, 15) is 0 Å². The largest absolute Gasteiger partial charge is 0.181 e. The van der Waals surface area contributed by atoms with E-state index in [2.05, 4.69) is 20.4 Å². The van der Waals surface area contributed by atoms with Crippen molar-refractivity contribution in [2.24, 2.45) is 0 Å². The van der Waals surface area contributed by atoms with E-state index in [0.717, 1.165) is 21.5 Å². The van der Waals surface area contributed by atoms with Gasteiger partial charge in [-0.15, -0.1) is 6.58 Å². The maximum absolute atomic E-state index is 6.25. The molecule has 0 amide bonds. The van der Waals surface area contributed by atoms with Crippen LogP contribution in [0.2, 0.25) is 11.6 Å². The van der Waals surface area contributed by atoms with Gasteiger partial charge in [0.2, 0.25) is 0 Å². The topological polar surface area (TPSA) is 0 Å². The third kappa shape index (κ3) is 12.8. The Hall–Kier alpha value is 0.754. The molecule has 0 radical (unpaired) electrons. The normalized spacial score (nSPS) is 12.1. The van der Waals surface area contributed by atoms with E-state index in [4.69, 9.17) is 22.2 Å². The molecule has 86 valence electrons. The van der Waals surface area contributed by atoms with Gasteiger partial charge >= 0.3 is 0 Å². The van der Waals surface area contributed by atoms with Crippen LogP contribution in [0.4, 0.5) is 0 Å². The molecular weight excluding hydrogens is 247 g/mol. The van der Waals surface area contributed by atoms with Crippen LogP contribution in [-0.2, 0) is 0 Å². The summed E-state index contributed by atoms with van der Waals surface area (Å²) >= 11 is 11.0. The molecule has 0 spiro atoms. The number of halogens is 2. The molecule has 0 aromatic rings. The fourth-order valence-corrected chi connectivity index (χ4v) is 2.95. The first-order valence-corrected chi connectivity index (χ1v) is 11.6. The van der Waals surface area contributed by atoms with Gasteiger partial charge in [0.25, 0.3) is 0 Å². The second-order valence-corrected chi connectivity index (χ2v) is 8.31. The summed E-state index contributed by atoms with van der Waals surface area (Å²) in [6.07, 6.45) is 7.11. The Morgan fingerprint density at radius 2 is 1.86 bits per heavy atom. The Morgan fingerprint density at radius 3 is 2.29 bits per heavy atom. The van der Waals surface area contributed by atoms with Gasteiger partial charge in [-0.05, 0) is 24.4 Å². The van der Waals surface area contributed by atoms with Crippen LogP contribution in [0.25, 0.3) is 0 Å². The molecule has 0 fully saturated rings. The SMILES string of the molecule is C=CCCCCC[SiH](Cl)C(C)C.[SiH3]Cl. The highest BCUT2D eigenvalue weighted by Crippen LogP contribution is 2.18. The molecule has 0 nitrogen and oxygen atoms in total. The summed E-state index contributed by atoms with van der Waals surface area (Å²) in [4.78, 5) is 0. The van der Waals surface area contributed by atoms with Crippen molar-refractivity contribution in [3.63, 3.8) is 0 Å². The van der Waals surface area contributed by atoms with Gasteiger partial charge in [0, 0.05) is 0 Å². The van der Waals surface area contributed by atoms with Crippen molar-refractivity contribution >= 4 is 39.8 Å². The molecule has 0 N–H and O–H groups in total. The molecule has 1 atom stereocenters. The molecule has 0 saturated carbocycles. The number of rotatable bonds is 7. The number of unbranched alkanes of at least 4 members (excludes halogenated alkanes) is 3. The first-order chi connectivity index (χ1) is 6.68. The van der Waals surface area contributed by atoms with Crippen molar-refractivity contribution in [1.29, 1.82) is 0 Å². The van der Waals surface area contributed by atoms with Crippen LogP contribution in [0.5, 0.6) is 0 Å². The molecule has 0 heterocycles. The van der Waals surface area contributed by atoms with E-state index >= 15 is 0 Å². The molecule has 0 aromatic heterocycles. The third-order valence-electron chi connectivity index (χ3n) is 2.11. The van der Waals surface area contributed by atoms with E-state index < -0.39 is 8.11 Å². The highest BCUT2D eigenvalue weighted by atomic mass is 35.6. The van der Waals surface area contributed by atoms with E-state index in [0.29, 0.717) is 0 Å². The summed E-state index contributed by atoms with van der Waals surface area (Å²) in [6.45, 7) is 8.19. The lowest BCUT2D eigenvalue weighted by molar-refractivity contribution is 0.724. The van der Waals surface area contributed by atoms with Gasteiger partial charge in [0.15, 0.2) is 0 Å². The van der Waals surface area contributed by atoms with Crippen molar-refractivity contribution in [3.8, 4) is 0 Å². The maximum Gasteiger partial charge on any atom is 0.143 e. The lowest BCUT2D eigenvalue weighted by Crippen LogP contribution is -2.07. The minimum atomic E-state index is -0.881. The van der Waals surface area contributed by atoms with Crippen molar-refractivity contribution in [1.82, 2.24) is 0 Å². The molecule has 0 aromatic carbocycles. The first-order valence-electron chi connectivity index (χ1n) is 5.31. The van der Waals surface area contributed by atoms with Gasteiger partial charge in [-0.2, -0.15) is 22.2 Å². The fourth-order valence-electron chi connectivity index (χ4n) is 1.14. The summed E-state index contributed by atoms with van der Waals surface area (Å²) < 4.78 is 0. The standard InChI is InChI=1S/C10H21ClSi.ClH3Si/c1-4-5-6-7-8-9-12(11)10(2)3;1-2/h4,10,12H,1,5-9H2,2-3H3;2H3. The summed E-state index contributed by atoms with van der Waals surface area (Å²) in [5, 5.41) is 0. The van der Waals surface area contributed by atoms with Crippen molar-refractivity contribution < 1.29 is 0 Å². The monoisotopic (exact) mass is 270 g/mol. The van der Waals surface area contributed by atoms with Crippen LogP contribution < -0.4 is 0 Å². The van der Waals surface area contributed by atoms with Crippen molar-refractivity contribution in [3.05, 3.63) is 12.7 Å². The van der Waals surface area contributed by atoms with Crippen LogP contribution in [0.3, 0.4) is 0 Å². The zero-order chi connectivity index (χ0) is 11.4. The molecule has 0 bridgehead atoms. The molecule has 4 heteroatoms. The van der Waals surface area contributed by atoms with Crippen LogP contribution in [0, 0.1) is 0 Å². The van der Waals surface area contributed by atoms with Crippen molar-refractivity contribution in [2.75, 3.05) is 0 Å². The summed E-state index contributed by atoms with van der Waals surface area (Å²) in [6, 6.07) is 1.30. The maximum atomic E-state index is 6.25. The predicted molar refractivity (Wildman–Crippen MR) is 77.4 cm³/mol. The third-order valence-corrected chi connectivity index (χ3v) is 6.68. The van der Waals surface area contributed by atoms with E-state index in [1.165, 1.54) is 25.3 Å². The summed E-state index contributed by atoms with van der Waals surface area (Å²) in [5.41, 5.74) is 0.756. The Morgan fingerprint density at radius 1 is 1.29 bits per heavy atom. The Kier molecular flexibility index (Phi) is 16.9. The van der Waals surface area contributed by atoms with E-state index in [1.807, 2.05) is 6.08 Å². The van der Waals surface area contributed by atoms with Crippen LogP contribution in [-0.4, -0.2) is 17.7 Å². The number of hydrogen-bond acceptors (Lipinski definition) is 0. The minimum absolute atomic E-state index is 0.756. The second kappa shape index (κ2) is 13.8. The molecule has 0 rings (SSSR count). The first kappa shape index (κ1) is 17.2. The average Bonchev–Trinajstić information content (AvgIpc) is 2.20. The minimum Gasteiger partial charge on any atom is -0.181 e. The number of hydrogen-bond donors (Lipinski definition) is 0. The highest BCUT2D eigenvalue weighted by Gasteiger charge is 2.10. The fraction of sp³-hybridized carbons (Fsp3) is 0.800. The van der Waals surface area contributed by atoms with Gasteiger partial charge in [-0.25, -0.2) is 0 Å². The number of allylic oxidation sites excluding steroid dienone is 1. The van der Waals surface area contributed by atoms with Crippen LogP contribution in [0.1, 0.15) is 39.5 Å². The predicted octanol–water partition coefficient (Wildman–Crippen LogP) is 3.61. The molecule has 0 aliphatic heterocycles. The van der Waals surface area contributed by atoms with Gasteiger partial charge in [-0.1, -0.05) is 32.8 Å². The summed E-state index contributed by atoms with van der Waals surface area (Å²) in [5.74, 6) is 0. The zero-order valence-corrected chi connectivity index (χ0v) is 14.4. The van der Waals surface area contributed by atoms with Crippen molar-refractivity contribution in [2.45, 2.75) is 51.1 Å². The lowest BCUT2D eigenvalue weighted by atomic mass is 10.2. The zero-order valence-electron chi connectivity index (χ0n) is 9.73. The Labute approximate surface area is 104 Å². The van der Waals surface area contributed by atoms with Gasteiger partial charge in [0.1, 0.15) is 17.7 Å². The van der Waals surface area contributed by atoms with Gasteiger partial charge in [0.05, 0.1) is 0 Å². The molecule has 0 aliphatic carbocycles. The Bertz CT molecular complexity index is 119. The van der Waals surface area contributed by atoms with Crippen LogP contribution in [0.15, 0.2) is 12.7 Å². The smallest absolute Gasteiger partial charge is 0.143 e. The molecular formula is C10H24Cl2Si2. The highest BCUT2D eigenvalue weighted by molar-refractivity contribution is 7.07. The van der Waals surface area contributed by atoms with E-state index in [-0.39, 0.29) is 0 Å². The molecule has 14 heavy (non-hydrogen) atoms. The Balaban J connectivity index is 0. The summed E-state index contributed by atoms with van der Waals surface area (Å²) in [7, 11) is -0.103. The molecule has 0 aliphatic rings. The van der Waals surface area contributed by atoms with E-state index in [1.54, 1.807) is 0 Å². The van der Waals surface area contributed by atoms with Gasteiger partial charge < -0.3 is 0 Å².